The lowest BCUT2D eigenvalue weighted by Gasteiger charge is -2.26. The lowest BCUT2D eigenvalue weighted by Crippen LogP contribution is -2.28. The molecule has 1 aromatic carbocycles. The first-order chi connectivity index (χ1) is 18.3. The summed E-state index contributed by atoms with van der Waals surface area (Å²) in [4.78, 5) is 28.5. The monoisotopic (exact) mass is 520 g/mol. The van der Waals surface area contributed by atoms with Gasteiger partial charge in [-0.25, -0.2) is 24.9 Å². The van der Waals surface area contributed by atoms with Gasteiger partial charge in [-0.2, -0.15) is 13.2 Å². The summed E-state index contributed by atoms with van der Waals surface area (Å²) in [6.07, 6.45) is 3.60. The van der Waals surface area contributed by atoms with Gasteiger partial charge in [0.25, 0.3) is 0 Å². The second-order valence-electron chi connectivity index (χ2n) is 9.27. The van der Waals surface area contributed by atoms with Gasteiger partial charge in [0.15, 0.2) is 17.3 Å². The SMILES string of the molecule is COc1ncnc(C2CC2)c1-c1ncc2c(n1)N(Cc1ccc(-c3nc(C(F)(F)F)cn3C)cc1)CC=N2. The van der Waals surface area contributed by atoms with Gasteiger partial charge in [0, 0.05) is 37.5 Å². The van der Waals surface area contributed by atoms with Gasteiger partial charge in [0.1, 0.15) is 23.4 Å². The lowest BCUT2D eigenvalue weighted by atomic mass is 10.1. The standard InChI is InChI=1S/C26H23F3N8O/c1-36-13-19(26(27,28)29)34-23(36)17-5-3-15(4-6-17)12-37-10-9-30-18-11-31-22(35-24(18)37)20-21(16-7-8-16)32-14-33-25(20)38-2/h3-6,9,11,13-14,16H,7-8,10,12H2,1-2H3. The number of methoxy groups -OCH3 is 1. The highest BCUT2D eigenvalue weighted by Gasteiger charge is 2.35. The fourth-order valence-corrected chi connectivity index (χ4v) is 4.54. The summed E-state index contributed by atoms with van der Waals surface area (Å²) < 4.78 is 46.1. The molecule has 4 heterocycles. The van der Waals surface area contributed by atoms with Gasteiger partial charge in [-0.05, 0) is 18.4 Å². The number of aryl methyl sites for hydroxylation is 1. The van der Waals surface area contributed by atoms with Crippen LogP contribution in [0.1, 0.15) is 35.7 Å². The molecule has 1 saturated carbocycles. The molecule has 6 rings (SSSR count). The molecule has 2 aliphatic rings. The van der Waals surface area contributed by atoms with Crippen molar-refractivity contribution >= 4 is 17.7 Å². The molecule has 0 N–H and O–H groups in total. The van der Waals surface area contributed by atoms with Crippen molar-refractivity contribution in [2.24, 2.45) is 12.0 Å². The summed E-state index contributed by atoms with van der Waals surface area (Å²) in [5.74, 6) is 2.19. The quantitative estimate of drug-likeness (QED) is 0.355. The van der Waals surface area contributed by atoms with Gasteiger partial charge in [0.05, 0.1) is 25.5 Å². The van der Waals surface area contributed by atoms with Crippen molar-refractivity contribution in [2.45, 2.75) is 31.5 Å². The van der Waals surface area contributed by atoms with Crippen molar-refractivity contribution < 1.29 is 17.9 Å². The normalized spacial score (nSPS) is 15.0. The van der Waals surface area contributed by atoms with Gasteiger partial charge in [-0.15, -0.1) is 0 Å². The molecule has 0 radical (unpaired) electrons. The number of rotatable bonds is 6. The molecule has 1 aliphatic carbocycles. The number of ether oxygens (including phenoxy) is 1. The summed E-state index contributed by atoms with van der Waals surface area (Å²) in [5.41, 5.74) is 2.88. The largest absolute Gasteiger partial charge is 0.480 e. The number of imidazole rings is 1. The molecule has 0 amide bonds. The van der Waals surface area contributed by atoms with E-state index < -0.39 is 11.9 Å². The molecule has 12 heteroatoms. The van der Waals surface area contributed by atoms with Crippen LogP contribution in [0.5, 0.6) is 5.88 Å². The van der Waals surface area contributed by atoms with E-state index >= 15 is 0 Å². The highest BCUT2D eigenvalue weighted by atomic mass is 19.4. The molecule has 1 aliphatic heterocycles. The summed E-state index contributed by atoms with van der Waals surface area (Å²) in [5, 5.41) is 0. The third-order valence-electron chi connectivity index (χ3n) is 6.56. The minimum Gasteiger partial charge on any atom is -0.480 e. The van der Waals surface area contributed by atoms with E-state index in [1.807, 2.05) is 12.1 Å². The number of hydrogen-bond donors (Lipinski definition) is 0. The van der Waals surface area contributed by atoms with Crippen molar-refractivity contribution in [3.05, 3.63) is 59.9 Å². The van der Waals surface area contributed by atoms with E-state index in [0.29, 0.717) is 53.3 Å². The van der Waals surface area contributed by atoms with Crippen LogP contribution in [-0.2, 0) is 19.8 Å². The Bertz CT molecular complexity index is 1530. The number of alkyl halides is 3. The number of halogens is 3. The number of aromatic nitrogens is 6. The number of anilines is 1. The molecule has 0 bridgehead atoms. The number of nitrogens with zero attached hydrogens (tertiary/aromatic N) is 8. The molecule has 3 aromatic heterocycles. The Balaban J connectivity index is 1.29. The van der Waals surface area contributed by atoms with Crippen LogP contribution >= 0.6 is 0 Å². The highest BCUT2D eigenvalue weighted by Crippen LogP contribution is 2.45. The highest BCUT2D eigenvalue weighted by molar-refractivity contribution is 5.80. The predicted molar refractivity (Wildman–Crippen MR) is 134 cm³/mol. The summed E-state index contributed by atoms with van der Waals surface area (Å²) >= 11 is 0. The van der Waals surface area contributed by atoms with E-state index in [2.05, 4.69) is 29.8 Å². The molecule has 0 saturated heterocycles. The zero-order chi connectivity index (χ0) is 26.4. The van der Waals surface area contributed by atoms with E-state index in [4.69, 9.17) is 9.72 Å². The van der Waals surface area contributed by atoms with Gasteiger partial charge < -0.3 is 14.2 Å². The Morgan fingerprint density at radius 2 is 1.84 bits per heavy atom. The van der Waals surface area contributed by atoms with Gasteiger partial charge >= 0.3 is 6.18 Å². The predicted octanol–water partition coefficient (Wildman–Crippen LogP) is 4.96. The Kier molecular flexibility index (Phi) is 5.81. The summed E-state index contributed by atoms with van der Waals surface area (Å²) in [6.45, 7) is 1.06. The molecule has 1 fully saturated rings. The lowest BCUT2D eigenvalue weighted by molar-refractivity contribution is -0.140. The van der Waals surface area contributed by atoms with E-state index in [1.165, 1.54) is 10.9 Å². The zero-order valence-corrected chi connectivity index (χ0v) is 20.6. The fourth-order valence-electron chi connectivity index (χ4n) is 4.54. The Morgan fingerprint density at radius 3 is 2.53 bits per heavy atom. The van der Waals surface area contributed by atoms with Crippen molar-refractivity contribution in [3.8, 4) is 28.7 Å². The maximum absolute atomic E-state index is 13.1. The smallest absolute Gasteiger partial charge is 0.434 e. The van der Waals surface area contributed by atoms with Gasteiger partial charge in [0.2, 0.25) is 5.88 Å². The van der Waals surface area contributed by atoms with Crippen LogP contribution in [0.4, 0.5) is 24.7 Å². The van der Waals surface area contributed by atoms with Crippen molar-refractivity contribution in [2.75, 3.05) is 18.6 Å². The molecule has 194 valence electrons. The maximum Gasteiger partial charge on any atom is 0.434 e. The second kappa shape index (κ2) is 9.19. The molecule has 0 atom stereocenters. The number of aliphatic imine (C=N–C) groups is 1. The Hall–Kier alpha value is -4.35. The molecule has 38 heavy (non-hydrogen) atoms. The van der Waals surface area contributed by atoms with Gasteiger partial charge in [-0.3, -0.25) is 4.99 Å². The third-order valence-corrected chi connectivity index (χ3v) is 6.56. The number of benzene rings is 1. The average molecular weight is 521 g/mol. The fraction of sp³-hybridized carbons (Fsp3) is 0.308. The maximum atomic E-state index is 13.1. The Morgan fingerprint density at radius 1 is 1.05 bits per heavy atom. The first kappa shape index (κ1) is 24.0. The summed E-state index contributed by atoms with van der Waals surface area (Å²) in [7, 11) is 3.12. The van der Waals surface area contributed by atoms with Crippen LogP contribution < -0.4 is 9.64 Å². The molecule has 0 spiro atoms. The van der Waals surface area contributed by atoms with E-state index in [9.17, 15) is 13.2 Å². The van der Waals surface area contributed by atoms with Crippen LogP contribution in [0.15, 0.2) is 48.0 Å². The van der Waals surface area contributed by atoms with E-state index in [0.717, 1.165) is 30.3 Å². The molecule has 4 aromatic rings. The zero-order valence-electron chi connectivity index (χ0n) is 20.6. The first-order valence-corrected chi connectivity index (χ1v) is 12.1. The topological polar surface area (TPSA) is 94.2 Å². The second-order valence-corrected chi connectivity index (χ2v) is 9.27. The van der Waals surface area contributed by atoms with Crippen LogP contribution in [0.3, 0.4) is 0 Å². The van der Waals surface area contributed by atoms with Crippen LogP contribution in [-0.4, -0.2) is 49.4 Å². The van der Waals surface area contributed by atoms with Crippen LogP contribution in [0.2, 0.25) is 0 Å². The van der Waals surface area contributed by atoms with Gasteiger partial charge in [-0.1, -0.05) is 24.3 Å². The first-order valence-electron chi connectivity index (χ1n) is 12.1. The number of fused-ring (bicyclic) bond motifs is 1. The van der Waals surface area contributed by atoms with E-state index in [1.54, 1.807) is 38.7 Å². The molecular formula is C26H23F3N8O. The minimum absolute atomic E-state index is 0.252. The van der Waals surface area contributed by atoms with Crippen LogP contribution in [0, 0.1) is 0 Å². The van der Waals surface area contributed by atoms with Crippen molar-refractivity contribution in [3.63, 3.8) is 0 Å². The Labute approximate surface area is 216 Å². The summed E-state index contributed by atoms with van der Waals surface area (Å²) in [6, 6.07) is 7.31. The average Bonchev–Trinajstić information content (AvgIpc) is 3.69. The molecule has 0 unspecified atom stereocenters. The molecular weight excluding hydrogens is 497 g/mol. The molecule has 9 nitrogen and oxygen atoms in total. The minimum atomic E-state index is -4.49. The number of hydrogen-bond acceptors (Lipinski definition) is 8. The van der Waals surface area contributed by atoms with Crippen molar-refractivity contribution in [1.82, 2.24) is 29.5 Å². The van der Waals surface area contributed by atoms with E-state index in [-0.39, 0.29) is 5.82 Å². The third kappa shape index (κ3) is 4.46. The van der Waals surface area contributed by atoms with Crippen LogP contribution in [0.25, 0.3) is 22.8 Å². The van der Waals surface area contributed by atoms with Crippen molar-refractivity contribution in [1.29, 1.82) is 0 Å².